The van der Waals surface area contributed by atoms with E-state index in [-0.39, 0.29) is 4.90 Å². The van der Waals surface area contributed by atoms with E-state index in [4.69, 9.17) is 4.55 Å². The molecule has 3 aromatic rings. The quantitative estimate of drug-likeness (QED) is 0.663. The Balaban J connectivity index is 0.000000156. The standard InChI is InChI=1S/C11H16N2.C10H8O3S/c1-10-4-8-13(9-5-10)11-2-6-12-7-3-11;11-14(12,13)10-7-3-5-8-4-1-2-6-9(8)10/h2-3,6-7,10H,4-5,8-9H2,1H3;1-7H,(H,11,12,13). The van der Waals surface area contributed by atoms with E-state index in [1.54, 1.807) is 30.3 Å². The van der Waals surface area contributed by atoms with Crippen molar-refractivity contribution in [1.82, 2.24) is 4.98 Å². The molecule has 0 aliphatic carbocycles. The maximum absolute atomic E-state index is 11.0. The first-order valence-corrected chi connectivity index (χ1v) is 10.5. The van der Waals surface area contributed by atoms with Crippen LogP contribution < -0.4 is 4.90 Å². The molecular formula is C21H24N2O3S. The van der Waals surface area contributed by atoms with Gasteiger partial charge in [0.15, 0.2) is 0 Å². The summed E-state index contributed by atoms with van der Waals surface area (Å²) in [5.41, 5.74) is 1.32. The molecule has 0 radical (unpaired) electrons. The van der Waals surface area contributed by atoms with Gasteiger partial charge in [0.25, 0.3) is 10.1 Å². The highest BCUT2D eigenvalue weighted by molar-refractivity contribution is 7.86. The zero-order valence-electron chi connectivity index (χ0n) is 15.3. The Morgan fingerprint density at radius 3 is 2.26 bits per heavy atom. The van der Waals surface area contributed by atoms with Crippen LogP contribution in [0, 0.1) is 5.92 Å². The minimum Gasteiger partial charge on any atom is -0.371 e. The molecule has 1 aliphatic heterocycles. The molecule has 0 amide bonds. The van der Waals surface area contributed by atoms with Crippen LogP contribution in [0.4, 0.5) is 5.69 Å². The number of benzene rings is 2. The van der Waals surface area contributed by atoms with E-state index in [0.29, 0.717) is 5.39 Å². The van der Waals surface area contributed by atoms with Gasteiger partial charge in [-0.05, 0) is 42.3 Å². The second kappa shape index (κ2) is 8.50. The van der Waals surface area contributed by atoms with Crippen LogP contribution in [-0.4, -0.2) is 31.0 Å². The molecule has 6 heteroatoms. The van der Waals surface area contributed by atoms with Crippen molar-refractivity contribution in [3.8, 4) is 0 Å². The molecule has 2 aromatic carbocycles. The van der Waals surface area contributed by atoms with Crippen LogP contribution in [0.5, 0.6) is 0 Å². The Labute approximate surface area is 160 Å². The molecule has 1 saturated heterocycles. The normalized spacial score (nSPS) is 15.3. The minimum absolute atomic E-state index is 0.0457. The van der Waals surface area contributed by atoms with Gasteiger partial charge >= 0.3 is 0 Å². The Bertz CT molecular complexity index is 977. The summed E-state index contributed by atoms with van der Waals surface area (Å²) in [6.07, 6.45) is 6.38. The molecule has 0 atom stereocenters. The van der Waals surface area contributed by atoms with Crippen LogP contribution in [0.2, 0.25) is 0 Å². The smallest absolute Gasteiger partial charge is 0.295 e. The predicted octanol–water partition coefficient (Wildman–Crippen LogP) is 4.40. The first kappa shape index (κ1) is 19.3. The van der Waals surface area contributed by atoms with E-state index in [1.165, 1.54) is 37.7 Å². The number of anilines is 1. The van der Waals surface area contributed by atoms with Gasteiger partial charge in [0.2, 0.25) is 0 Å². The van der Waals surface area contributed by atoms with Crippen LogP contribution >= 0.6 is 0 Å². The van der Waals surface area contributed by atoms with Crippen molar-refractivity contribution in [1.29, 1.82) is 0 Å². The van der Waals surface area contributed by atoms with Gasteiger partial charge in [-0.3, -0.25) is 9.54 Å². The van der Waals surface area contributed by atoms with Gasteiger partial charge in [0.1, 0.15) is 4.90 Å². The largest absolute Gasteiger partial charge is 0.371 e. The topological polar surface area (TPSA) is 70.5 Å². The molecule has 1 N–H and O–H groups in total. The predicted molar refractivity (Wildman–Crippen MR) is 109 cm³/mol. The van der Waals surface area contributed by atoms with Crippen LogP contribution in [0.1, 0.15) is 19.8 Å². The summed E-state index contributed by atoms with van der Waals surface area (Å²) in [6, 6.07) is 16.0. The van der Waals surface area contributed by atoms with Crippen LogP contribution in [0.3, 0.4) is 0 Å². The van der Waals surface area contributed by atoms with Crippen LogP contribution in [-0.2, 0) is 10.1 Å². The van der Waals surface area contributed by atoms with Crippen molar-refractivity contribution in [3.05, 3.63) is 67.0 Å². The molecule has 0 spiro atoms. The van der Waals surface area contributed by atoms with E-state index in [1.807, 2.05) is 18.5 Å². The lowest BCUT2D eigenvalue weighted by atomic mass is 9.99. The molecule has 2 heterocycles. The Morgan fingerprint density at radius 1 is 0.963 bits per heavy atom. The lowest BCUT2D eigenvalue weighted by molar-refractivity contribution is 0.438. The van der Waals surface area contributed by atoms with Crippen LogP contribution in [0.15, 0.2) is 71.9 Å². The first-order chi connectivity index (χ1) is 12.9. The second-order valence-electron chi connectivity index (χ2n) is 6.83. The summed E-state index contributed by atoms with van der Waals surface area (Å²) in [5.74, 6) is 0.901. The van der Waals surface area contributed by atoms with Crippen molar-refractivity contribution in [2.24, 2.45) is 5.92 Å². The van der Waals surface area contributed by atoms with E-state index in [9.17, 15) is 8.42 Å². The number of hydrogen-bond donors (Lipinski definition) is 1. The molecule has 0 saturated carbocycles. The van der Waals surface area contributed by atoms with Gasteiger partial charge in [-0.25, -0.2) is 0 Å². The molecule has 1 aliphatic rings. The highest BCUT2D eigenvalue weighted by atomic mass is 32.2. The van der Waals surface area contributed by atoms with Gasteiger partial charge in [-0.2, -0.15) is 8.42 Å². The van der Waals surface area contributed by atoms with Crippen molar-refractivity contribution in [2.75, 3.05) is 18.0 Å². The van der Waals surface area contributed by atoms with E-state index < -0.39 is 10.1 Å². The van der Waals surface area contributed by atoms with Crippen molar-refractivity contribution in [3.63, 3.8) is 0 Å². The molecule has 0 bridgehead atoms. The molecule has 27 heavy (non-hydrogen) atoms. The average Bonchev–Trinajstić information content (AvgIpc) is 2.68. The fourth-order valence-corrected chi connectivity index (χ4v) is 3.96. The lowest BCUT2D eigenvalue weighted by Crippen LogP contribution is -2.32. The molecule has 0 unspecified atom stereocenters. The van der Waals surface area contributed by atoms with Crippen molar-refractivity contribution in [2.45, 2.75) is 24.7 Å². The number of pyridine rings is 1. The molecule has 5 nitrogen and oxygen atoms in total. The SMILES string of the molecule is CC1CCN(c2ccncc2)CC1.O=S(=O)(O)c1cccc2ccccc12. The summed E-state index contributed by atoms with van der Waals surface area (Å²) < 4.78 is 31.0. The van der Waals surface area contributed by atoms with E-state index in [2.05, 4.69) is 28.9 Å². The third-order valence-electron chi connectivity index (χ3n) is 4.84. The van der Waals surface area contributed by atoms with Gasteiger partial charge < -0.3 is 4.90 Å². The van der Waals surface area contributed by atoms with Crippen molar-refractivity contribution >= 4 is 26.6 Å². The van der Waals surface area contributed by atoms with Gasteiger partial charge in [0, 0.05) is 36.6 Å². The first-order valence-electron chi connectivity index (χ1n) is 9.05. The van der Waals surface area contributed by atoms with Crippen molar-refractivity contribution < 1.29 is 13.0 Å². The number of aromatic nitrogens is 1. The number of rotatable bonds is 2. The number of hydrogen-bond acceptors (Lipinski definition) is 4. The molecule has 142 valence electrons. The Kier molecular flexibility index (Phi) is 6.08. The summed E-state index contributed by atoms with van der Waals surface area (Å²) in [7, 11) is -4.13. The summed E-state index contributed by atoms with van der Waals surface area (Å²) in [6.45, 7) is 4.74. The summed E-state index contributed by atoms with van der Waals surface area (Å²) in [4.78, 5) is 6.43. The number of fused-ring (bicyclic) bond motifs is 1. The van der Waals surface area contributed by atoms with Gasteiger partial charge in [-0.1, -0.05) is 43.3 Å². The highest BCUT2D eigenvalue weighted by Crippen LogP contribution is 2.22. The molecule has 4 rings (SSSR count). The number of piperidine rings is 1. The van der Waals surface area contributed by atoms with Gasteiger partial charge in [0.05, 0.1) is 0 Å². The Hall–Kier alpha value is -2.44. The summed E-state index contributed by atoms with van der Waals surface area (Å²) in [5, 5.41) is 1.33. The Morgan fingerprint density at radius 2 is 1.59 bits per heavy atom. The van der Waals surface area contributed by atoms with E-state index >= 15 is 0 Å². The second-order valence-corrected chi connectivity index (χ2v) is 8.22. The van der Waals surface area contributed by atoms with Crippen LogP contribution in [0.25, 0.3) is 10.8 Å². The zero-order valence-corrected chi connectivity index (χ0v) is 16.1. The summed E-state index contributed by atoms with van der Waals surface area (Å²) >= 11 is 0. The third-order valence-corrected chi connectivity index (χ3v) is 5.75. The maximum atomic E-state index is 11.0. The lowest BCUT2D eigenvalue weighted by Gasteiger charge is -2.31. The zero-order chi connectivity index (χ0) is 19.3. The monoisotopic (exact) mass is 384 g/mol. The molecule has 1 fully saturated rings. The highest BCUT2D eigenvalue weighted by Gasteiger charge is 2.15. The minimum atomic E-state index is -4.13. The molecule has 1 aromatic heterocycles. The molecular weight excluding hydrogens is 360 g/mol. The van der Waals surface area contributed by atoms with E-state index in [0.717, 1.165) is 11.3 Å². The number of nitrogens with zero attached hydrogens (tertiary/aromatic N) is 2. The maximum Gasteiger partial charge on any atom is 0.295 e. The van der Waals surface area contributed by atoms with Gasteiger partial charge in [-0.15, -0.1) is 0 Å². The fraction of sp³-hybridized carbons (Fsp3) is 0.286. The third kappa shape index (κ3) is 5.05. The average molecular weight is 385 g/mol. The fourth-order valence-electron chi connectivity index (χ4n) is 3.24.